The van der Waals surface area contributed by atoms with Crippen molar-refractivity contribution >= 4 is 28.8 Å². The van der Waals surface area contributed by atoms with E-state index in [1.807, 2.05) is 24.3 Å². The molecule has 0 bridgehead atoms. The second-order valence-corrected chi connectivity index (χ2v) is 7.73. The molecule has 0 N–H and O–H groups in total. The van der Waals surface area contributed by atoms with E-state index >= 15 is 0 Å². The molecule has 0 spiro atoms. The van der Waals surface area contributed by atoms with E-state index < -0.39 is 0 Å². The molecule has 3 nitrogen and oxygen atoms in total. The molecule has 1 aliphatic heterocycles. The molecule has 0 saturated carbocycles. The number of para-hydroxylation sites is 1. The van der Waals surface area contributed by atoms with Gasteiger partial charge in [0.1, 0.15) is 0 Å². The molecule has 0 unspecified atom stereocenters. The van der Waals surface area contributed by atoms with Crippen molar-refractivity contribution in [3.8, 4) is 0 Å². The molecule has 1 fully saturated rings. The first kappa shape index (κ1) is 15.0. The van der Waals surface area contributed by atoms with Crippen LogP contribution in [0.25, 0.3) is 0 Å². The number of carbonyl (C=O) groups is 2. The summed E-state index contributed by atoms with van der Waals surface area (Å²) in [6.45, 7) is 6.46. The van der Waals surface area contributed by atoms with Crippen LogP contribution in [0.3, 0.4) is 0 Å². The van der Waals surface area contributed by atoms with Gasteiger partial charge in [0.05, 0.1) is 11.6 Å². The fourth-order valence-electron chi connectivity index (χ4n) is 2.65. The third-order valence-corrected chi connectivity index (χ3v) is 5.50. The van der Waals surface area contributed by atoms with Gasteiger partial charge in [0.15, 0.2) is 0 Å². The number of benzene rings is 1. The van der Waals surface area contributed by atoms with Crippen molar-refractivity contribution < 1.29 is 9.59 Å². The summed E-state index contributed by atoms with van der Waals surface area (Å²) in [7, 11) is 0. The van der Waals surface area contributed by atoms with Gasteiger partial charge in [-0.3, -0.25) is 9.59 Å². The van der Waals surface area contributed by atoms with E-state index in [1.165, 1.54) is 9.78 Å². The van der Waals surface area contributed by atoms with Crippen molar-refractivity contribution in [2.75, 3.05) is 4.90 Å². The zero-order valence-electron chi connectivity index (χ0n) is 13.0. The number of hydrogen-bond acceptors (Lipinski definition) is 3. The maximum atomic E-state index is 12.7. The Morgan fingerprint density at radius 1 is 1.05 bits per heavy atom. The van der Waals surface area contributed by atoms with Gasteiger partial charge in [-0.25, -0.2) is 4.90 Å². The average Bonchev–Trinajstić information content (AvgIpc) is 3.04. The van der Waals surface area contributed by atoms with E-state index in [-0.39, 0.29) is 29.6 Å². The Balaban J connectivity index is 1.90. The van der Waals surface area contributed by atoms with Gasteiger partial charge >= 0.3 is 0 Å². The Hall–Kier alpha value is -1.94. The molecule has 2 heterocycles. The van der Waals surface area contributed by atoms with Gasteiger partial charge in [0, 0.05) is 16.2 Å². The highest BCUT2D eigenvalue weighted by Gasteiger charge is 2.41. The van der Waals surface area contributed by atoms with Gasteiger partial charge in [0.25, 0.3) is 0 Å². The Bertz CT molecular complexity index is 712. The molecule has 1 aromatic heterocycles. The van der Waals surface area contributed by atoms with Crippen molar-refractivity contribution in [2.24, 2.45) is 0 Å². The molecule has 1 saturated heterocycles. The molecule has 3 rings (SSSR count). The fourth-order valence-corrected chi connectivity index (χ4v) is 3.80. The highest BCUT2D eigenvalue weighted by atomic mass is 32.1. The van der Waals surface area contributed by atoms with Gasteiger partial charge in [-0.15, -0.1) is 11.3 Å². The zero-order valence-corrected chi connectivity index (χ0v) is 13.8. The van der Waals surface area contributed by atoms with E-state index in [0.29, 0.717) is 5.69 Å². The summed E-state index contributed by atoms with van der Waals surface area (Å²) >= 11 is 1.64. The third-order valence-electron chi connectivity index (χ3n) is 3.87. The number of nitrogens with zero attached hydrogens (tertiary/aromatic N) is 1. The summed E-state index contributed by atoms with van der Waals surface area (Å²) < 4.78 is 0. The standard InChI is InChI=1S/C18H19NO2S/c1-18(2,3)15-10-9-14(22-15)13-11-16(20)19(17(13)21)12-7-5-4-6-8-12/h4-10,13H,11H2,1-3H3/t13-/m0/s1. The summed E-state index contributed by atoms with van der Waals surface area (Å²) in [5.41, 5.74) is 0.723. The molecule has 0 radical (unpaired) electrons. The monoisotopic (exact) mass is 313 g/mol. The lowest BCUT2D eigenvalue weighted by Crippen LogP contribution is -2.29. The minimum Gasteiger partial charge on any atom is -0.274 e. The first-order valence-electron chi connectivity index (χ1n) is 7.40. The summed E-state index contributed by atoms with van der Waals surface area (Å²) in [6, 6.07) is 13.2. The molecule has 4 heteroatoms. The zero-order chi connectivity index (χ0) is 15.9. The van der Waals surface area contributed by atoms with Crippen molar-refractivity contribution in [3.05, 3.63) is 52.2 Å². The van der Waals surface area contributed by atoms with Crippen LogP contribution in [0.1, 0.15) is 42.9 Å². The Labute approximate surface area is 134 Å². The van der Waals surface area contributed by atoms with Crippen LogP contribution in [0.15, 0.2) is 42.5 Å². The summed E-state index contributed by atoms with van der Waals surface area (Å²) in [6.07, 6.45) is 0.262. The lowest BCUT2D eigenvalue weighted by molar-refractivity contribution is -0.121. The molecule has 1 atom stereocenters. The van der Waals surface area contributed by atoms with Gasteiger partial charge in [-0.05, 0) is 29.7 Å². The molecular weight excluding hydrogens is 294 g/mol. The smallest absolute Gasteiger partial charge is 0.242 e. The second-order valence-electron chi connectivity index (χ2n) is 6.61. The maximum absolute atomic E-state index is 12.7. The number of rotatable bonds is 2. The van der Waals surface area contributed by atoms with Gasteiger partial charge in [-0.2, -0.15) is 0 Å². The summed E-state index contributed by atoms with van der Waals surface area (Å²) in [5.74, 6) is -0.570. The van der Waals surface area contributed by atoms with Crippen molar-refractivity contribution in [1.82, 2.24) is 0 Å². The van der Waals surface area contributed by atoms with Crippen LogP contribution < -0.4 is 4.90 Å². The van der Waals surface area contributed by atoms with Gasteiger partial charge in [0.2, 0.25) is 11.8 Å². The number of amides is 2. The maximum Gasteiger partial charge on any atom is 0.242 e. The topological polar surface area (TPSA) is 37.4 Å². The highest BCUT2D eigenvalue weighted by molar-refractivity contribution is 7.12. The molecule has 114 valence electrons. The van der Waals surface area contributed by atoms with Crippen LogP contribution in [0.2, 0.25) is 0 Å². The predicted molar refractivity (Wildman–Crippen MR) is 89.3 cm³/mol. The Morgan fingerprint density at radius 3 is 2.32 bits per heavy atom. The summed E-state index contributed by atoms with van der Waals surface area (Å²) in [5, 5.41) is 0. The van der Waals surface area contributed by atoms with Crippen molar-refractivity contribution in [3.63, 3.8) is 0 Å². The first-order chi connectivity index (χ1) is 10.4. The number of anilines is 1. The van der Waals surface area contributed by atoms with Crippen LogP contribution in [-0.2, 0) is 15.0 Å². The van der Waals surface area contributed by atoms with Crippen molar-refractivity contribution in [1.29, 1.82) is 0 Å². The molecular formula is C18H19NO2S. The third kappa shape index (κ3) is 2.59. The SMILES string of the molecule is CC(C)(C)c1ccc([C@@H]2CC(=O)N(c3ccccc3)C2=O)s1. The van der Waals surface area contributed by atoms with E-state index in [1.54, 1.807) is 23.5 Å². The number of hydrogen-bond donors (Lipinski definition) is 0. The lowest BCUT2D eigenvalue weighted by atomic mass is 9.95. The molecule has 22 heavy (non-hydrogen) atoms. The number of carbonyl (C=O) groups excluding carboxylic acids is 2. The van der Waals surface area contributed by atoms with Crippen molar-refractivity contribution in [2.45, 2.75) is 38.5 Å². The van der Waals surface area contributed by atoms with E-state index in [4.69, 9.17) is 0 Å². The van der Waals surface area contributed by atoms with E-state index in [9.17, 15) is 9.59 Å². The van der Waals surface area contributed by atoms with Gasteiger partial charge < -0.3 is 0 Å². The van der Waals surface area contributed by atoms with Crippen LogP contribution in [0.4, 0.5) is 5.69 Å². The average molecular weight is 313 g/mol. The van der Waals surface area contributed by atoms with Crippen LogP contribution >= 0.6 is 11.3 Å². The minimum atomic E-state index is -0.339. The molecule has 2 amide bonds. The molecule has 1 aliphatic rings. The van der Waals surface area contributed by atoms with Crippen LogP contribution in [-0.4, -0.2) is 11.8 Å². The van der Waals surface area contributed by atoms with E-state index in [0.717, 1.165) is 4.88 Å². The predicted octanol–water partition coefficient (Wildman–Crippen LogP) is 4.09. The second kappa shape index (κ2) is 5.36. The number of imide groups is 1. The Kier molecular flexibility index (Phi) is 3.65. The van der Waals surface area contributed by atoms with Gasteiger partial charge in [-0.1, -0.05) is 39.0 Å². The molecule has 2 aromatic rings. The first-order valence-corrected chi connectivity index (χ1v) is 8.21. The number of thiophene rings is 1. The normalized spacial score (nSPS) is 19.0. The quantitative estimate of drug-likeness (QED) is 0.783. The largest absolute Gasteiger partial charge is 0.274 e. The van der Waals surface area contributed by atoms with E-state index in [2.05, 4.69) is 26.8 Å². The van der Waals surface area contributed by atoms with Crippen LogP contribution in [0, 0.1) is 0 Å². The van der Waals surface area contributed by atoms with Crippen LogP contribution in [0.5, 0.6) is 0 Å². The molecule has 0 aliphatic carbocycles. The lowest BCUT2D eigenvalue weighted by Gasteiger charge is -2.16. The molecule has 1 aromatic carbocycles. The Morgan fingerprint density at radius 2 is 1.73 bits per heavy atom. The highest BCUT2D eigenvalue weighted by Crippen LogP contribution is 2.39. The summed E-state index contributed by atoms with van der Waals surface area (Å²) in [4.78, 5) is 28.5. The fraction of sp³-hybridized carbons (Fsp3) is 0.333. The minimum absolute atomic E-state index is 0.0632.